The highest BCUT2D eigenvalue weighted by molar-refractivity contribution is 4.76. The minimum atomic E-state index is 0.736. The van der Waals surface area contributed by atoms with Crippen molar-refractivity contribution >= 4 is 0 Å². The highest BCUT2D eigenvalue weighted by Gasteiger charge is 2.22. The van der Waals surface area contributed by atoms with E-state index in [-0.39, 0.29) is 0 Å². The van der Waals surface area contributed by atoms with Gasteiger partial charge in [0, 0.05) is 19.1 Å². The fourth-order valence-corrected chi connectivity index (χ4v) is 2.13. The summed E-state index contributed by atoms with van der Waals surface area (Å²) in [6.45, 7) is 15.9. The Morgan fingerprint density at radius 1 is 1.00 bits per heavy atom. The summed E-state index contributed by atoms with van der Waals surface area (Å²) in [5.41, 5.74) is 0. The topological polar surface area (TPSA) is 3.24 Å². The molecule has 0 amide bonds. The molecule has 0 saturated carbocycles. The molecule has 1 heterocycles. The third-order valence-corrected chi connectivity index (χ3v) is 2.63. The van der Waals surface area contributed by atoms with Gasteiger partial charge in [-0.1, -0.05) is 27.7 Å². The summed E-state index contributed by atoms with van der Waals surface area (Å²) < 4.78 is 0. The maximum atomic E-state index is 2.60. The summed E-state index contributed by atoms with van der Waals surface area (Å²) in [5, 5.41) is 0. The Morgan fingerprint density at radius 2 is 1.38 bits per heavy atom. The predicted octanol–water partition coefficient (Wildman–Crippen LogP) is 3.40. The highest BCUT2D eigenvalue weighted by atomic mass is 15.2. The first-order valence-electron chi connectivity index (χ1n) is 5.83. The maximum absolute atomic E-state index is 2.60. The molecule has 2 atom stereocenters. The van der Waals surface area contributed by atoms with E-state index in [1.807, 2.05) is 13.8 Å². The number of rotatable bonds is 1. The van der Waals surface area contributed by atoms with Crippen LogP contribution in [0, 0.1) is 11.8 Å². The fourth-order valence-electron chi connectivity index (χ4n) is 2.13. The first-order valence-corrected chi connectivity index (χ1v) is 5.83. The second-order valence-electron chi connectivity index (χ2n) is 4.49. The zero-order valence-corrected chi connectivity index (χ0v) is 10.3. The number of hydrogen-bond donors (Lipinski definition) is 0. The van der Waals surface area contributed by atoms with Crippen LogP contribution in [0.5, 0.6) is 0 Å². The van der Waals surface area contributed by atoms with E-state index in [1.54, 1.807) is 0 Å². The molecular weight excluding hydrogens is 158 g/mol. The first kappa shape index (κ1) is 13.0. The van der Waals surface area contributed by atoms with Crippen molar-refractivity contribution in [3.05, 3.63) is 0 Å². The Labute approximate surface area is 84.5 Å². The molecule has 0 N–H and O–H groups in total. The minimum absolute atomic E-state index is 0.736. The Hall–Kier alpha value is -0.0400. The molecule has 1 aliphatic rings. The van der Waals surface area contributed by atoms with E-state index in [0.29, 0.717) is 0 Å². The summed E-state index contributed by atoms with van der Waals surface area (Å²) in [6, 6.07) is 0.736. The molecule has 1 heteroatoms. The van der Waals surface area contributed by atoms with Gasteiger partial charge in [0.1, 0.15) is 0 Å². The Morgan fingerprint density at radius 3 is 1.69 bits per heavy atom. The van der Waals surface area contributed by atoms with Crippen molar-refractivity contribution in [2.45, 2.75) is 54.0 Å². The molecule has 1 fully saturated rings. The van der Waals surface area contributed by atoms with Gasteiger partial charge in [0.25, 0.3) is 0 Å². The lowest BCUT2D eigenvalue weighted by atomic mass is 9.91. The molecule has 1 rings (SSSR count). The van der Waals surface area contributed by atoms with Crippen molar-refractivity contribution in [2.24, 2.45) is 11.8 Å². The van der Waals surface area contributed by atoms with Crippen LogP contribution in [0.2, 0.25) is 0 Å². The smallest absolute Gasteiger partial charge is 0.00388 e. The van der Waals surface area contributed by atoms with Crippen LogP contribution in [-0.2, 0) is 0 Å². The van der Waals surface area contributed by atoms with Crippen LogP contribution in [0.1, 0.15) is 48.0 Å². The summed E-state index contributed by atoms with van der Waals surface area (Å²) in [5.74, 6) is 1.81. The van der Waals surface area contributed by atoms with Gasteiger partial charge >= 0.3 is 0 Å². The van der Waals surface area contributed by atoms with Crippen molar-refractivity contribution in [1.82, 2.24) is 4.90 Å². The van der Waals surface area contributed by atoms with E-state index in [4.69, 9.17) is 0 Å². The third-order valence-electron chi connectivity index (χ3n) is 2.63. The van der Waals surface area contributed by atoms with Crippen LogP contribution in [0.4, 0.5) is 0 Å². The molecule has 0 aromatic rings. The molecule has 0 aliphatic carbocycles. The average molecular weight is 185 g/mol. The van der Waals surface area contributed by atoms with E-state index in [0.717, 1.165) is 17.9 Å². The second kappa shape index (κ2) is 6.42. The Bertz CT molecular complexity index is 110. The Kier molecular flexibility index (Phi) is 6.40. The molecule has 2 unspecified atom stereocenters. The molecule has 0 aromatic heterocycles. The van der Waals surface area contributed by atoms with E-state index in [9.17, 15) is 0 Å². The normalized spacial score (nSPS) is 29.8. The standard InChI is InChI=1S/C10H21N.C2H6/c1-8(2)11-6-9(3)5-10(4)7-11;1-2/h8-10H,5-7H2,1-4H3;1-2H3. The van der Waals surface area contributed by atoms with Crippen LogP contribution in [0.15, 0.2) is 0 Å². The summed E-state index contributed by atoms with van der Waals surface area (Å²) in [4.78, 5) is 2.60. The van der Waals surface area contributed by atoms with E-state index in [2.05, 4.69) is 32.6 Å². The summed E-state index contributed by atoms with van der Waals surface area (Å²) in [6.07, 6.45) is 1.42. The number of nitrogens with zero attached hydrogens (tertiary/aromatic N) is 1. The van der Waals surface area contributed by atoms with E-state index < -0.39 is 0 Å². The third kappa shape index (κ3) is 4.66. The predicted molar refractivity (Wildman–Crippen MR) is 61.0 cm³/mol. The van der Waals surface area contributed by atoms with Crippen molar-refractivity contribution in [2.75, 3.05) is 13.1 Å². The van der Waals surface area contributed by atoms with Gasteiger partial charge in [-0.15, -0.1) is 0 Å². The molecule has 1 aliphatic heterocycles. The molecule has 0 radical (unpaired) electrons. The van der Waals surface area contributed by atoms with Crippen molar-refractivity contribution < 1.29 is 0 Å². The van der Waals surface area contributed by atoms with Crippen LogP contribution >= 0.6 is 0 Å². The van der Waals surface area contributed by atoms with E-state index in [1.165, 1.54) is 19.5 Å². The first-order chi connectivity index (χ1) is 6.09. The molecule has 13 heavy (non-hydrogen) atoms. The highest BCUT2D eigenvalue weighted by Crippen LogP contribution is 2.22. The zero-order chi connectivity index (χ0) is 10.4. The van der Waals surface area contributed by atoms with Gasteiger partial charge in [-0.2, -0.15) is 0 Å². The maximum Gasteiger partial charge on any atom is 0.00388 e. The van der Waals surface area contributed by atoms with Crippen LogP contribution < -0.4 is 0 Å². The van der Waals surface area contributed by atoms with Gasteiger partial charge in [0.15, 0.2) is 0 Å². The molecule has 0 bridgehead atoms. The summed E-state index contributed by atoms with van der Waals surface area (Å²) >= 11 is 0. The molecule has 0 aromatic carbocycles. The summed E-state index contributed by atoms with van der Waals surface area (Å²) in [7, 11) is 0. The number of piperidine rings is 1. The lowest BCUT2D eigenvalue weighted by molar-refractivity contribution is 0.111. The van der Waals surface area contributed by atoms with E-state index >= 15 is 0 Å². The molecule has 1 nitrogen and oxygen atoms in total. The van der Waals surface area contributed by atoms with Gasteiger partial charge in [-0.3, -0.25) is 0 Å². The lowest BCUT2D eigenvalue weighted by Crippen LogP contribution is -2.42. The fraction of sp³-hybridized carbons (Fsp3) is 1.00. The van der Waals surface area contributed by atoms with Gasteiger partial charge in [0.05, 0.1) is 0 Å². The zero-order valence-electron chi connectivity index (χ0n) is 10.3. The van der Waals surface area contributed by atoms with Gasteiger partial charge < -0.3 is 4.90 Å². The Balaban J connectivity index is 0.000000671. The van der Waals surface area contributed by atoms with Gasteiger partial charge in [0.2, 0.25) is 0 Å². The van der Waals surface area contributed by atoms with Gasteiger partial charge in [-0.25, -0.2) is 0 Å². The van der Waals surface area contributed by atoms with Crippen molar-refractivity contribution in [3.63, 3.8) is 0 Å². The van der Waals surface area contributed by atoms with Crippen LogP contribution in [0.3, 0.4) is 0 Å². The number of likely N-dealkylation sites (tertiary alicyclic amines) is 1. The van der Waals surface area contributed by atoms with Crippen LogP contribution in [0.25, 0.3) is 0 Å². The molecule has 1 saturated heterocycles. The monoisotopic (exact) mass is 185 g/mol. The van der Waals surface area contributed by atoms with Crippen molar-refractivity contribution in [3.8, 4) is 0 Å². The second-order valence-corrected chi connectivity index (χ2v) is 4.49. The van der Waals surface area contributed by atoms with Crippen LogP contribution in [-0.4, -0.2) is 24.0 Å². The number of hydrogen-bond acceptors (Lipinski definition) is 1. The SMILES string of the molecule is CC.CC1CC(C)CN(C(C)C)C1. The lowest BCUT2D eigenvalue weighted by Gasteiger charge is -2.37. The average Bonchev–Trinajstić information content (AvgIpc) is 2.06. The van der Waals surface area contributed by atoms with Crippen molar-refractivity contribution in [1.29, 1.82) is 0 Å². The molecule has 0 spiro atoms. The molecule has 80 valence electrons. The molecular formula is C12H27N. The van der Waals surface area contributed by atoms with Gasteiger partial charge in [-0.05, 0) is 32.1 Å². The quantitative estimate of drug-likeness (QED) is 0.605. The minimum Gasteiger partial charge on any atom is -0.300 e. The largest absolute Gasteiger partial charge is 0.300 e.